The molecule has 3 heterocycles. The Kier molecular flexibility index (Phi) is 6.41. The number of anilines is 1. The van der Waals surface area contributed by atoms with E-state index in [0.29, 0.717) is 0 Å². The summed E-state index contributed by atoms with van der Waals surface area (Å²) in [6.45, 7) is 8.04. The van der Waals surface area contributed by atoms with Gasteiger partial charge >= 0.3 is 0 Å². The van der Waals surface area contributed by atoms with Crippen molar-refractivity contribution in [3.8, 4) is 5.75 Å². The molecule has 1 aliphatic heterocycles. The molecular formula is C24H30N4O2S. The van der Waals surface area contributed by atoms with Crippen molar-refractivity contribution in [3.63, 3.8) is 0 Å². The molecule has 4 rings (SSSR count). The standard InChI is InChI=1S/C24H30N4O2S/c1-5-20(17-6-8-19(30-4)9-7-17)27-23(29)18-10-12-28(13-11-18)22-21-15(2)16(3)31-24(21)26-14-25-22/h6-9,14,18,20H,5,10-13H2,1-4H3,(H,27,29). The molecule has 1 aliphatic rings. The minimum atomic E-state index is 0.0226. The number of rotatable bonds is 6. The number of nitrogens with one attached hydrogen (secondary N) is 1. The van der Waals surface area contributed by atoms with Crippen molar-refractivity contribution in [1.82, 2.24) is 15.3 Å². The van der Waals surface area contributed by atoms with Gasteiger partial charge in [0.1, 0.15) is 22.7 Å². The molecule has 1 aromatic carbocycles. The van der Waals surface area contributed by atoms with Crippen LogP contribution in [0.2, 0.25) is 0 Å². The number of carbonyl (C=O) groups is 1. The van der Waals surface area contributed by atoms with Crippen molar-refractivity contribution >= 4 is 33.3 Å². The molecule has 164 valence electrons. The van der Waals surface area contributed by atoms with Gasteiger partial charge in [-0.1, -0.05) is 19.1 Å². The van der Waals surface area contributed by atoms with Gasteiger partial charge in [0.15, 0.2) is 0 Å². The number of ether oxygens (including phenoxy) is 1. The highest BCUT2D eigenvalue weighted by Gasteiger charge is 2.28. The van der Waals surface area contributed by atoms with Crippen molar-refractivity contribution < 1.29 is 9.53 Å². The normalized spacial score (nSPS) is 15.8. The quantitative estimate of drug-likeness (QED) is 0.599. The Bertz CT molecular complexity index is 1060. The number of fused-ring (bicyclic) bond motifs is 1. The van der Waals surface area contributed by atoms with Gasteiger partial charge in [-0.05, 0) is 56.4 Å². The van der Waals surface area contributed by atoms with Gasteiger partial charge in [-0.3, -0.25) is 4.79 Å². The number of carbonyl (C=O) groups excluding carboxylic acids is 1. The molecule has 31 heavy (non-hydrogen) atoms. The molecule has 1 amide bonds. The van der Waals surface area contributed by atoms with E-state index in [0.717, 1.165) is 54.3 Å². The smallest absolute Gasteiger partial charge is 0.223 e. The SMILES string of the molecule is CCC(NC(=O)C1CCN(c2ncnc3sc(C)c(C)c23)CC1)c1ccc(OC)cc1. The van der Waals surface area contributed by atoms with E-state index in [1.807, 2.05) is 24.3 Å². The molecule has 0 spiro atoms. The molecule has 1 saturated heterocycles. The molecule has 0 bridgehead atoms. The van der Waals surface area contributed by atoms with Crippen LogP contribution in [0, 0.1) is 19.8 Å². The summed E-state index contributed by atoms with van der Waals surface area (Å²) in [5.41, 5.74) is 2.38. The van der Waals surface area contributed by atoms with E-state index in [1.54, 1.807) is 24.8 Å². The number of benzene rings is 1. The fourth-order valence-electron chi connectivity index (χ4n) is 4.30. The number of aromatic nitrogens is 2. The minimum Gasteiger partial charge on any atom is -0.497 e. The molecule has 3 aromatic rings. The lowest BCUT2D eigenvalue weighted by Crippen LogP contribution is -2.41. The number of aryl methyl sites for hydroxylation is 2. The van der Waals surface area contributed by atoms with Gasteiger partial charge < -0.3 is 15.0 Å². The van der Waals surface area contributed by atoms with Crippen LogP contribution in [0.15, 0.2) is 30.6 Å². The van der Waals surface area contributed by atoms with Crippen LogP contribution >= 0.6 is 11.3 Å². The molecule has 6 nitrogen and oxygen atoms in total. The molecule has 1 atom stereocenters. The average Bonchev–Trinajstić information content (AvgIpc) is 3.11. The second kappa shape index (κ2) is 9.22. The van der Waals surface area contributed by atoms with Crippen LogP contribution in [0.25, 0.3) is 10.2 Å². The highest BCUT2D eigenvalue weighted by molar-refractivity contribution is 7.18. The fraction of sp³-hybridized carbons (Fsp3) is 0.458. The number of thiophene rings is 1. The summed E-state index contributed by atoms with van der Waals surface area (Å²) in [5.74, 6) is 2.02. The minimum absolute atomic E-state index is 0.0226. The molecule has 1 fully saturated rings. The third kappa shape index (κ3) is 4.37. The summed E-state index contributed by atoms with van der Waals surface area (Å²) in [5, 5.41) is 4.43. The third-order valence-corrected chi connectivity index (χ3v) is 7.47. The zero-order chi connectivity index (χ0) is 22.0. The fourth-order valence-corrected chi connectivity index (χ4v) is 5.30. The van der Waals surface area contributed by atoms with E-state index in [-0.39, 0.29) is 17.9 Å². The monoisotopic (exact) mass is 438 g/mol. The van der Waals surface area contributed by atoms with Crippen molar-refractivity contribution in [3.05, 3.63) is 46.6 Å². The maximum atomic E-state index is 13.0. The van der Waals surface area contributed by atoms with Crippen molar-refractivity contribution in [2.45, 2.75) is 46.1 Å². The summed E-state index contributed by atoms with van der Waals surface area (Å²) in [7, 11) is 1.66. The summed E-state index contributed by atoms with van der Waals surface area (Å²) >= 11 is 1.72. The van der Waals surface area contributed by atoms with Gasteiger partial charge in [0.25, 0.3) is 0 Å². The largest absolute Gasteiger partial charge is 0.497 e. The lowest BCUT2D eigenvalue weighted by molar-refractivity contribution is -0.126. The predicted octanol–water partition coefficient (Wildman–Crippen LogP) is 4.80. The van der Waals surface area contributed by atoms with E-state index >= 15 is 0 Å². The van der Waals surface area contributed by atoms with Crippen molar-refractivity contribution in [1.29, 1.82) is 0 Å². The van der Waals surface area contributed by atoms with Gasteiger partial charge in [0.2, 0.25) is 5.91 Å². The van der Waals surface area contributed by atoms with E-state index in [4.69, 9.17) is 4.74 Å². The maximum Gasteiger partial charge on any atom is 0.223 e. The number of methoxy groups -OCH3 is 1. The zero-order valence-electron chi connectivity index (χ0n) is 18.6. The molecule has 1 unspecified atom stereocenters. The van der Waals surface area contributed by atoms with Crippen LogP contribution in [0.4, 0.5) is 5.82 Å². The summed E-state index contributed by atoms with van der Waals surface area (Å²) in [6.07, 6.45) is 4.18. The Morgan fingerprint density at radius 2 is 1.94 bits per heavy atom. The number of amides is 1. The number of hydrogen-bond donors (Lipinski definition) is 1. The second-order valence-corrected chi connectivity index (χ2v) is 9.37. The number of nitrogens with zero attached hydrogens (tertiary/aromatic N) is 3. The van der Waals surface area contributed by atoms with Crippen molar-refractivity contribution in [2.24, 2.45) is 5.92 Å². The molecule has 2 aromatic heterocycles. The number of hydrogen-bond acceptors (Lipinski definition) is 6. The van der Waals surface area contributed by atoms with Gasteiger partial charge in [-0.15, -0.1) is 11.3 Å². The highest BCUT2D eigenvalue weighted by Crippen LogP contribution is 2.35. The molecular weight excluding hydrogens is 408 g/mol. The Balaban J connectivity index is 1.41. The Morgan fingerprint density at radius 3 is 2.58 bits per heavy atom. The lowest BCUT2D eigenvalue weighted by atomic mass is 9.94. The first-order valence-corrected chi connectivity index (χ1v) is 11.7. The number of piperidine rings is 1. The van der Waals surface area contributed by atoms with Crippen LogP contribution in [-0.2, 0) is 4.79 Å². The first-order chi connectivity index (χ1) is 15.0. The first-order valence-electron chi connectivity index (χ1n) is 10.9. The van der Waals surface area contributed by atoms with E-state index in [1.165, 1.54) is 15.8 Å². The van der Waals surface area contributed by atoms with Gasteiger partial charge in [-0.2, -0.15) is 0 Å². The van der Waals surface area contributed by atoms with Gasteiger partial charge in [0, 0.05) is 23.9 Å². The molecule has 0 radical (unpaired) electrons. The third-order valence-electron chi connectivity index (χ3n) is 6.35. The first kappa shape index (κ1) is 21.6. The highest BCUT2D eigenvalue weighted by atomic mass is 32.1. The molecule has 0 aliphatic carbocycles. The van der Waals surface area contributed by atoms with Crippen LogP contribution in [-0.4, -0.2) is 36.1 Å². The lowest BCUT2D eigenvalue weighted by Gasteiger charge is -2.33. The Morgan fingerprint density at radius 1 is 1.23 bits per heavy atom. The molecule has 7 heteroatoms. The Hall–Kier alpha value is -2.67. The Labute approximate surface area is 187 Å². The zero-order valence-corrected chi connectivity index (χ0v) is 19.5. The second-order valence-electron chi connectivity index (χ2n) is 8.16. The van der Waals surface area contributed by atoms with E-state index in [9.17, 15) is 4.79 Å². The average molecular weight is 439 g/mol. The van der Waals surface area contributed by atoms with Gasteiger partial charge in [0.05, 0.1) is 18.5 Å². The van der Waals surface area contributed by atoms with Crippen LogP contribution < -0.4 is 15.0 Å². The van der Waals surface area contributed by atoms with Crippen LogP contribution in [0.1, 0.15) is 48.2 Å². The summed E-state index contributed by atoms with van der Waals surface area (Å²) < 4.78 is 5.24. The van der Waals surface area contributed by atoms with E-state index < -0.39 is 0 Å². The van der Waals surface area contributed by atoms with Crippen molar-refractivity contribution in [2.75, 3.05) is 25.1 Å². The topological polar surface area (TPSA) is 67.4 Å². The maximum absolute atomic E-state index is 13.0. The predicted molar refractivity (Wildman–Crippen MR) is 126 cm³/mol. The van der Waals surface area contributed by atoms with E-state index in [2.05, 4.69) is 41.0 Å². The van der Waals surface area contributed by atoms with Gasteiger partial charge in [-0.25, -0.2) is 9.97 Å². The van der Waals surface area contributed by atoms with Crippen LogP contribution in [0.5, 0.6) is 5.75 Å². The van der Waals surface area contributed by atoms with Crippen LogP contribution in [0.3, 0.4) is 0 Å². The molecule has 0 saturated carbocycles. The summed E-state index contributed by atoms with van der Waals surface area (Å²) in [4.78, 5) is 26.7. The summed E-state index contributed by atoms with van der Waals surface area (Å²) in [6, 6.07) is 7.97. The molecule has 1 N–H and O–H groups in total.